The summed E-state index contributed by atoms with van der Waals surface area (Å²) in [4.78, 5) is 0. The van der Waals surface area contributed by atoms with Crippen LogP contribution in [0.4, 0.5) is 0 Å². The van der Waals surface area contributed by atoms with Crippen molar-refractivity contribution in [1.82, 2.24) is 4.57 Å². The molecule has 2 nitrogen and oxygen atoms in total. The highest BCUT2D eigenvalue weighted by Gasteiger charge is 2.51. The van der Waals surface area contributed by atoms with Gasteiger partial charge in [-0.3, -0.25) is 0 Å². The van der Waals surface area contributed by atoms with E-state index in [1.807, 2.05) is 12.1 Å². The fraction of sp³-hybridized carbons (Fsp3) is 0.0204. The highest BCUT2D eigenvalue weighted by atomic mass is 16.3. The summed E-state index contributed by atoms with van der Waals surface area (Å²) in [7, 11) is 0. The summed E-state index contributed by atoms with van der Waals surface area (Å²) in [6.45, 7) is 0. The van der Waals surface area contributed by atoms with Gasteiger partial charge in [-0.15, -0.1) is 0 Å². The van der Waals surface area contributed by atoms with Gasteiger partial charge in [0.1, 0.15) is 11.2 Å². The van der Waals surface area contributed by atoms with Gasteiger partial charge in [0.2, 0.25) is 0 Å². The first-order chi connectivity index (χ1) is 25.3. The molecule has 0 saturated heterocycles. The van der Waals surface area contributed by atoms with E-state index in [1.54, 1.807) is 0 Å². The van der Waals surface area contributed by atoms with Gasteiger partial charge in [-0.1, -0.05) is 127 Å². The number of fused-ring (bicyclic) bond motifs is 16. The zero-order valence-electron chi connectivity index (χ0n) is 27.6. The third-order valence-corrected chi connectivity index (χ3v) is 11.6. The maximum absolute atomic E-state index is 6.35. The molecule has 0 saturated carbocycles. The predicted octanol–water partition coefficient (Wildman–Crippen LogP) is 12.7. The van der Waals surface area contributed by atoms with Gasteiger partial charge in [-0.05, 0) is 104 Å². The Morgan fingerprint density at radius 3 is 1.59 bits per heavy atom. The zero-order valence-corrected chi connectivity index (χ0v) is 27.6. The number of hydrogen-bond acceptors (Lipinski definition) is 1. The molecule has 0 bridgehead atoms. The van der Waals surface area contributed by atoms with Gasteiger partial charge in [0.15, 0.2) is 0 Å². The standard InChI is InChI=1S/C49H29NO/c1-6-16-41-33(11-1)34-12-2-7-17-42(34)49(41)43-27-30(31-22-25-40-39-15-5-10-20-47(39)51-48(40)28-31)21-24-35(43)36-26-23-32(29-44(36)49)50-45-18-8-3-13-37(45)38-14-4-9-19-46(38)50/h1-29H. The van der Waals surface area contributed by atoms with Gasteiger partial charge < -0.3 is 8.98 Å². The maximum atomic E-state index is 6.35. The first-order valence-corrected chi connectivity index (χ1v) is 17.7. The molecule has 0 aliphatic heterocycles. The minimum atomic E-state index is -0.466. The number of rotatable bonds is 2. The lowest BCUT2D eigenvalue weighted by molar-refractivity contribution is 0.669. The number of benzene rings is 8. The van der Waals surface area contributed by atoms with Crippen LogP contribution in [0.1, 0.15) is 22.3 Å². The summed E-state index contributed by atoms with van der Waals surface area (Å²) in [5.41, 5.74) is 17.9. The van der Waals surface area contributed by atoms with Crippen LogP contribution in [0, 0.1) is 0 Å². The molecule has 2 heterocycles. The highest BCUT2D eigenvalue weighted by molar-refractivity contribution is 6.09. The van der Waals surface area contributed by atoms with Gasteiger partial charge in [-0.2, -0.15) is 0 Å². The molecule has 0 unspecified atom stereocenters. The van der Waals surface area contributed by atoms with E-state index < -0.39 is 5.41 Å². The lowest BCUT2D eigenvalue weighted by Crippen LogP contribution is -2.26. The largest absolute Gasteiger partial charge is 0.456 e. The molecular formula is C49H29NO. The van der Waals surface area contributed by atoms with E-state index in [0.717, 1.165) is 27.5 Å². The molecule has 2 aliphatic carbocycles. The second-order valence-corrected chi connectivity index (χ2v) is 14.0. The van der Waals surface area contributed by atoms with Crippen LogP contribution in [-0.2, 0) is 5.41 Å². The first kappa shape index (κ1) is 27.2. The Balaban J connectivity index is 1.15. The number of furan rings is 1. The summed E-state index contributed by atoms with van der Waals surface area (Å²) in [5, 5.41) is 4.85. The fourth-order valence-corrected chi connectivity index (χ4v) is 9.55. The summed E-state index contributed by atoms with van der Waals surface area (Å²) in [6, 6.07) is 64.9. The predicted molar refractivity (Wildman–Crippen MR) is 210 cm³/mol. The molecule has 2 aliphatic rings. The molecule has 12 rings (SSSR count). The van der Waals surface area contributed by atoms with E-state index >= 15 is 0 Å². The minimum Gasteiger partial charge on any atom is -0.456 e. The van der Waals surface area contributed by atoms with Crippen molar-refractivity contribution in [1.29, 1.82) is 0 Å². The van der Waals surface area contributed by atoms with Crippen LogP contribution in [0.3, 0.4) is 0 Å². The van der Waals surface area contributed by atoms with Crippen molar-refractivity contribution in [3.05, 3.63) is 198 Å². The van der Waals surface area contributed by atoms with Crippen LogP contribution in [0.25, 0.3) is 82.8 Å². The summed E-state index contributed by atoms with van der Waals surface area (Å²) >= 11 is 0. The van der Waals surface area contributed by atoms with Gasteiger partial charge in [0, 0.05) is 27.2 Å². The third-order valence-electron chi connectivity index (χ3n) is 11.6. The lowest BCUT2D eigenvalue weighted by Gasteiger charge is -2.31. The van der Waals surface area contributed by atoms with Gasteiger partial charge in [0.25, 0.3) is 0 Å². The second kappa shape index (κ2) is 9.74. The van der Waals surface area contributed by atoms with Crippen LogP contribution in [0.15, 0.2) is 180 Å². The monoisotopic (exact) mass is 647 g/mol. The van der Waals surface area contributed by atoms with E-state index in [-0.39, 0.29) is 0 Å². The maximum Gasteiger partial charge on any atom is 0.136 e. The van der Waals surface area contributed by atoms with E-state index in [0.29, 0.717) is 0 Å². The van der Waals surface area contributed by atoms with Crippen molar-refractivity contribution in [3.8, 4) is 39.1 Å². The molecule has 0 radical (unpaired) electrons. The minimum absolute atomic E-state index is 0.466. The van der Waals surface area contributed by atoms with Crippen molar-refractivity contribution in [3.63, 3.8) is 0 Å². The van der Waals surface area contributed by atoms with Crippen molar-refractivity contribution in [2.24, 2.45) is 0 Å². The smallest absolute Gasteiger partial charge is 0.136 e. The van der Waals surface area contributed by atoms with Crippen molar-refractivity contribution in [2.45, 2.75) is 5.41 Å². The summed E-state index contributed by atoms with van der Waals surface area (Å²) in [5.74, 6) is 0. The van der Waals surface area contributed by atoms with Gasteiger partial charge in [-0.25, -0.2) is 0 Å². The summed E-state index contributed by atoms with van der Waals surface area (Å²) in [6.07, 6.45) is 0. The third kappa shape index (κ3) is 3.42. The molecule has 51 heavy (non-hydrogen) atoms. The number of nitrogens with zero attached hydrogens (tertiary/aromatic N) is 1. The molecule has 10 aromatic rings. The average molecular weight is 648 g/mol. The van der Waals surface area contributed by atoms with Crippen molar-refractivity contribution >= 4 is 43.7 Å². The Morgan fingerprint density at radius 1 is 0.353 bits per heavy atom. The molecular weight excluding hydrogens is 619 g/mol. The molecule has 1 spiro atoms. The molecule has 0 N–H and O–H groups in total. The quantitative estimate of drug-likeness (QED) is 0.183. The summed E-state index contributed by atoms with van der Waals surface area (Å²) < 4.78 is 8.80. The molecule has 2 aromatic heterocycles. The van der Waals surface area contributed by atoms with Crippen LogP contribution >= 0.6 is 0 Å². The van der Waals surface area contributed by atoms with E-state index in [4.69, 9.17) is 4.42 Å². The van der Waals surface area contributed by atoms with Crippen LogP contribution in [0.2, 0.25) is 0 Å². The highest BCUT2D eigenvalue weighted by Crippen LogP contribution is 2.63. The molecule has 0 amide bonds. The van der Waals surface area contributed by atoms with Crippen molar-refractivity contribution < 1.29 is 4.42 Å². The number of aromatic nitrogens is 1. The fourth-order valence-electron chi connectivity index (χ4n) is 9.55. The van der Waals surface area contributed by atoms with Crippen molar-refractivity contribution in [2.75, 3.05) is 0 Å². The molecule has 2 heteroatoms. The van der Waals surface area contributed by atoms with E-state index in [9.17, 15) is 0 Å². The first-order valence-electron chi connectivity index (χ1n) is 17.7. The molecule has 8 aromatic carbocycles. The van der Waals surface area contributed by atoms with E-state index in [2.05, 4.69) is 168 Å². The normalized spacial score (nSPS) is 13.6. The molecule has 236 valence electrons. The van der Waals surface area contributed by atoms with Gasteiger partial charge in [0.05, 0.1) is 16.4 Å². The Kier molecular flexibility index (Phi) is 5.20. The zero-order chi connectivity index (χ0) is 33.3. The Morgan fingerprint density at radius 2 is 0.863 bits per heavy atom. The topological polar surface area (TPSA) is 18.1 Å². The Bertz CT molecular complexity index is 3000. The van der Waals surface area contributed by atoms with Crippen LogP contribution in [-0.4, -0.2) is 4.57 Å². The van der Waals surface area contributed by atoms with Crippen LogP contribution < -0.4 is 0 Å². The van der Waals surface area contributed by atoms with Crippen LogP contribution in [0.5, 0.6) is 0 Å². The number of hydrogen-bond donors (Lipinski definition) is 0. The second-order valence-electron chi connectivity index (χ2n) is 14.0. The van der Waals surface area contributed by atoms with E-state index in [1.165, 1.54) is 77.6 Å². The molecule has 0 fully saturated rings. The Hall–Kier alpha value is -6.64. The number of para-hydroxylation sites is 3. The SMILES string of the molecule is c1ccc2c(c1)-c1ccccc1C21c2cc(-c3ccc4c(c3)oc3ccccc34)ccc2-c2ccc(-n3c4ccccc4c4ccccc43)cc21. The van der Waals surface area contributed by atoms with Gasteiger partial charge >= 0.3 is 0 Å². The average Bonchev–Trinajstić information content (AvgIpc) is 3.91. The Labute approximate surface area is 294 Å². The molecule has 0 atom stereocenters. The lowest BCUT2D eigenvalue weighted by atomic mass is 9.70.